The Bertz CT molecular complexity index is 747. The zero-order valence-electron chi connectivity index (χ0n) is 11.1. The van der Waals surface area contributed by atoms with E-state index in [0.29, 0.717) is 12.4 Å². The second-order valence-electron chi connectivity index (χ2n) is 4.17. The minimum atomic E-state index is -4.74. The number of rotatable bonds is 4. The van der Waals surface area contributed by atoms with Crippen LogP contribution in [0, 0.1) is 6.92 Å². The lowest BCUT2D eigenvalue weighted by Crippen LogP contribution is -2.17. The van der Waals surface area contributed by atoms with Crippen LogP contribution in [0.15, 0.2) is 17.4 Å². The molecule has 0 saturated heterocycles. The summed E-state index contributed by atoms with van der Waals surface area (Å²) in [6.45, 7) is 3.88. The summed E-state index contributed by atoms with van der Waals surface area (Å²) in [5.41, 5.74) is -1.94. The van der Waals surface area contributed by atoms with Crippen molar-refractivity contribution >= 4 is 15.7 Å². The van der Waals surface area contributed by atoms with Gasteiger partial charge in [0.05, 0.1) is 11.9 Å². The Morgan fingerprint density at radius 3 is 2.62 bits per heavy atom. The molecule has 0 radical (unpaired) electrons. The van der Waals surface area contributed by atoms with Gasteiger partial charge in [-0.25, -0.2) is 4.98 Å². The van der Waals surface area contributed by atoms with Gasteiger partial charge in [0.2, 0.25) is 0 Å². The summed E-state index contributed by atoms with van der Waals surface area (Å²) in [7, 11) is -4.22. The third-order valence-corrected chi connectivity index (χ3v) is 3.97. The van der Waals surface area contributed by atoms with Gasteiger partial charge in [-0.1, -0.05) is 0 Å². The average molecular weight is 323 g/mol. The molecule has 2 heterocycles. The lowest BCUT2D eigenvalue weighted by atomic mass is 10.4. The van der Waals surface area contributed by atoms with Crippen LogP contribution >= 0.6 is 0 Å². The van der Waals surface area contributed by atoms with Crippen LogP contribution in [0.25, 0.3) is 0 Å². The molecule has 21 heavy (non-hydrogen) atoms. The van der Waals surface area contributed by atoms with Gasteiger partial charge in [0, 0.05) is 12.7 Å². The summed E-state index contributed by atoms with van der Waals surface area (Å²) in [6, 6.07) is 0. The van der Waals surface area contributed by atoms with Crippen LogP contribution in [-0.4, -0.2) is 28.2 Å². The van der Waals surface area contributed by atoms with E-state index < -0.39 is 27.6 Å². The maximum absolute atomic E-state index is 12.7. The number of hydrogen-bond donors (Lipinski definition) is 2. The standard InChI is InChI=1S/C10H12F3N5O2S/c1-3-18-5-8(15-6(18)2)21(19,20)17-7-4-14-16-9(7)10(11,12)13/h4-5,17H,3H2,1-2H3,(H,14,16). The van der Waals surface area contributed by atoms with E-state index in [2.05, 4.69) is 10.1 Å². The molecule has 0 amide bonds. The van der Waals surface area contributed by atoms with E-state index in [1.807, 2.05) is 4.72 Å². The molecule has 0 bridgehead atoms. The fraction of sp³-hybridized carbons (Fsp3) is 0.400. The number of sulfonamides is 1. The van der Waals surface area contributed by atoms with Crippen molar-refractivity contribution in [3.05, 3.63) is 23.9 Å². The normalized spacial score (nSPS) is 12.6. The number of nitrogens with zero attached hydrogens (tertiary/aromatic N) is 3. The molecule has 2 aromatic rings. The summed E-state index contributed by atoms with van der Waals surface area (Å²) < 4.78 is 65.5. The fourth-order valence-electron chi connectivity index (χ4n) is 1.71. The Morgan fingerprint density at radius 1 is 1.43 bits per heavy atom. The lowest BCUT2D eigenvalue weighted by Gasteiger charge is -2.08. The third-order valence-electron chi connectivity index (χ3n) is 2.74. The molecule has 0 spiro atoms. The number of aryl methyl sites for hydroxylation is 2. The third kappa shape index (κ3) is 3.01. The monoisotopic (exact) mass is 323 g/mol. The highest BCUT2D eigenvalue weighted by Crippen LogP contribution is 2.33. The molecule has 0 aromatic carbocycles. The Balaban J connectivity index is 2.36. The van der Waals surface area contributed by atoms with Crippen molar-refractivity contribution in [2.45, 2.75) is 31.6 Å². The fourth-order valence-corrected chi connectivity index (χ4v) is 2.77. The van der Waals surface area contributed by atoms with E-state index >= 15 is 0 Å². The number of aromatic amines is 1. The number of aromatic nitrogens is 4. The van der Waals surface area contributed by atoms with Crippen LogP contribution in [0.3, 0.4) is 0 Å². The van der Waals surface area contributed by atoms with Crippen LogP contribution < -0.4 is 4.72 Å². The van der Waals surface area contributed by atoms with Crippen LogP contribution in [0.4, 0.5) is 18.9 Å². The predicted octanol–water partition coefficient (Wildman–Crippen LogP) is 1.75. The first-order valence-electron chi connectivity index (χ1n) is 5.82. The smallest absolute Gasteiger partial charge is 0.334 e. The average Bonchev–Trinajstić information content (AvgIpc) is 2.94. The molecule has 0 atom stereocenters. The Kier molecular flexibility index (Phi) is 3.70. The summed E-state index contributed by atoms with van der Waals surface area (Å²) in [5.74, 6) is 0.445. The van der Waals surface area contributed by atoms with Crippen molar-refractivity contribution in [2.24, 2.45) is 0 Å². The van der Waals surface area contributed by atoms with Crippen molar-refractivity contribution < 1.29 is 21.6 Å². The van der Waals surface area contributed by atoms with E-state index in [-0.39, 0.29) is 5.03 Å². The first-order chi connectivity index (χ1) is 9.65. The molecule has 2 rings (SSSR count). The Hall–Kier alpha value is -2.04. The van der Waals surface area contributed by atoms with Gasteiger partial charge in [0.15, 0.2) is 10.7 Å². The molecule has 0 unspecified atom stereocenters. The number of anilines is 1. The largest absolute Gasteiger partial charge is 0.434 e. The molecule has 2 N–H and O–H groups in total. The molecule has 11 heteroatoms. The number of halogens is 3. The molecule has 116 valence electrons. The minimum absolute atomic E-state index is 0.351. The van der Waals surface area contributed by atoms with Gasteiger partial charge in [-0.2, -0.15) is 26.7 Å². The molecule has 0 fully saturated rings. The van der Waals surface area contributed by atoms with Gasteiger partial charge in [-0.3, -0.25) is 9.82 Å². The summed E-state index contributed by atoms with van der Waals surface area (Å²) in [6.07, 6.45) is -2.73. The van der Waals surface area contributed by atoms with Crippen molar-refractivity contribution in [2.75, 3.05) is 4.72 Å². The lowest BCUT2D eigenvalue weighted by molar-refractivity contribution is -0.140. The Labute approximate surface area is 118 Å². The highest BCUT2D eigenvalue weighted by Gasteiger charge is 2.37. The summed E-state index contributed by atoms with van der Waals surface area (Å²) in [5, 5.41) is 4.58. The Morgan fingerprint density at radius 2 is 2.10 bits per heavy atom. The molecule has 0 aliphatic heterocycles. The van der Waals surface area contributed by atoms with Gasteiger partial charge < -0.3 is 4.57 Å². The van der Waals surface area contributed by atoms with E-state index in [9.17, 15) is 21.6 Å². The molecule has 0 saturated carbocycles. The van der Waals surface area contributed by atoms with Crippen molar-refractivity contribution in [3.63, 3.8) is 0 Å². The first kappa shape index (κ1) is 15.4. The predicted molar refractivity (Wildman–Crippen MR) is 67.0 cm³/mol. The first-order valence-corrected chi connectivity index (χ1v) is 7.30. The molecule has 2 aromatic heterocycles. The molecular formula is C10H12F3N5O2S. The van der Waals surface area contributed by atoms with Crippen LogP contribution in [-0.2, 0) is 22.7 Å². The minimum Gasteiger partial charge on any atom is -0.334 e. The number of imidazole rings is 1. The molecule has 0 aliphatic rings. The van der Waals surface area contributed by atoms with Gasteiger partial charge >= 0.3 is 6.18 Å². The number of nitrogens with one attached hydrogen (secondary N) is 2. The van der Waals surface area contributed by atoms with Gasteiger partial charge in [-0.05, 0) is 13.8 Å². The topological polar surface area (TPSA) is 92.7 Å². The van der Waals surface area contributed by atoms with Gasteiger partial charge in [0.25, 0.3) is 10.0 Å². The molecule has 7 nitrogen and oxygen atoms in total. The van der Waals surface area contributed by atoms with Crippen LogP contribution in [0.1, 0.15) is 18.4 Å². The van der Waals surface area contributed by atoms with Crippen molar-refractivity contribution in [3.8, 4) is 0 Å². The molecule has 0 aliphatic carbocycles. The number of hydrogen-bond acceptors (Lipinski definition) is 4. The van der Waals surface area contributed by atoms with Gasteiger partial charge in [-0.15, -0.1) is 0 Å². The maximum atomic E-state index is 12.7. The van der Waals surface area contributed by atoms with Gasteiger partial charge in [0.1, 0.15) is 5.82 Å². The zero-order valence-corrected chi connectivity index (χ0v) is 11.9. The van der Waals surface area contributed by atoms with E-state index in [1.54, 1.807) is 23.5 Å². The number of alkyl halides is 3. The SMILES string of the molecule is CCn1cc(S(=O)(=O)Nc2cn[nH]c2C(F)(F)F)nc1C. The van der Waals surface area contributed by atoms with Crippen molar-refractivity contribution in [1.82, 2.24) is 19.7 Å². The van der Waals surface area contributed by atoms with Crippen molar-refractivity contribution in [1.29, 1.82) is 0 Å². The second-order valence-corrected chi connectivity index (χ2v) is 5.80. The van der Waals surface area contributed by atoms with E-state index in [4.69, 9.17) is 0 Å². The maximum Gasteiger partial charge on any atom is 0.434 e. The van der Waals surface area contributed by atoms with E-state index in [0.717, 1.165) is 6.20 Å². The molecular weight excluding hydrogens is 311 g/mol. The quantitative estimate of drug-likeness (QED) is 0.896. The summed E-state index contributed by atoms with van der Waals surface area (Å²) >= 11 is 0. The summed E-state index contributed by atoms with van der Waals surface area (Å²) in [4.78, 5) is 3.83. The van der Waals surface area contributed by atoms with Crippen LogP contribution in [0.2, 0.25) is 0 Å². The highest BCUT2D eigenvalue weighted by molar-refractivity contribution is 7.92. The number of H-pyrrole nitrogens is 1. The highest BCUT2D eigenvalue weighted by atomic mass is 32.2. The van der Waals surface area contributed by atoms with E-state index in [1.165, 1.54) is 6.20 Å². The van der Waals surface area contributed by atoms with Crippen LogP contribution in [0.5, 0.6) is 0 Å². The second kappa shape index (κ2) is 5.06. The zero-order chi connectivity index (χ0) is 15.8.